The van der Waals surface area contributed by atoms with E-state index in [1.54, 1.807) is 5.38 Å². The third-order valence-electron chi connectivity index (χ3n) is 1.25. The standard InChI is InChI=1S/C7H5NO2S2/c1-6(4-8)12(9,10)7-2-3-11-5-7/h2-3,5H,1H2. The summed E-state index contributed by atoms with van der Waals surface area (Å²) in [4.78, 5) is -0.278. The van der Waals surface area contributed by atoms with Crippen LogP contribution in [-0.4, -0.2) is 8.42 Å². The van der Waals surface area contributed by atoms with Crippen LogP contribution in [0.25, 0.3) is 0 Å². The maximum Gasteiger partial charge on any atom is 0.216 e. The minimum atomic E-state index is -3.59. The first-order valence-corrected chi connectivity index (χ1v) is 5.38. The van der Waals surface area contributed by atoms with Crippen molar-refractivity contribution in [1.29, 1.82) is 5.26 Å². The van der Waals surface area contributed by atoms with Crippen LogP contribution in [0.3, 0.4) is 0 Å². The zero-order valence-corrected chi connectivity index (χ0v) is 7.65. The molecule has 62 valence electrons. The SMILES string of the molecule is C=C(C#N)S(=O)(=O)c1ccsc1. The Labute approximate surface area is 74.5 Å². The smallest absolute Gasteiger partial charge is 0.216 e. The van der Waals surface area contributed by atoms with Crippen LogP contribution in [0.4, 0.5) is 0 Å². The zero-order valence-electron chi connectivity index (χ0n) is 6.02. The molecule has 1 aromatic heterocycles. The summed E-state index contributed by atoms with van der Waals surface area (Å²) in [5.41, 5.74) is 0. The highest BCUT2D eigenvalue weighted by Gasteiger charge is 2.18. The van der Waals surface area contributed by atoms with Crippen molar-refractivity contribution in [2.24, 2.45) is 0 Å². The van der Waals surface area contributed by atoms with Crippen LogP contribution < -0.4 is 0 Å². The van der Waals surface area contributed by atoms with Crippen molar-refractivity contribution in [2.45, 2.75) is 4.90 Å². The first-order valence-electron chi connectivity index (χ1n) is 2.95. The predicted octanol–water partition coefficient (Wildman–Crippen LogP) is 1.56. The van der Waals surface area contributed by atoms with Crippen molar-refractivity contribution in [2.75, 3.05) is 0 Å². The van der Waals surface area contributed by atoms with E-state index in [4.69, 9.17) is 5.26 Å². The van der Waals surface area contributed by atoms with E-state index < -0.39 is 14.7 Å². The molecule has 0 fully saturated rings. The van der Waals surface area contributed by atoms with Crippen molar-refractivity contribution < 1.29 is 8.42 Å². The summed E-state index contributed by atoms with van der Waals surface area (Å²) in [6.07, 6.45) is 0. The van der Waals surface area contributed by atoms with Crippen molar-refractivity contribution in [3.63, 3.8) is 0 Å². The predicted molar refractivity (Wildman–Crippen MR) is 46.3 cm³/mol. The molecule has 0 spiro atoms. The first kappa shape index (κ1) is 8.97. The average molecular weight is 199 g/mol. The second-order valence-electron chi connectivity index (χ2n) is 2.00. The molecule has 0 aliphatic carbocycles. The Bertz CT molecular complexity index is 422. The Morgan fingerprint density at radius 3 is 2.75 bits per heavy atom. The molecule has 1 heterocycles. The summed E-state index contributed by atoms with van der Waals surface area (Å²) >= 11 is 1.26. The molecular weight excluding hydrogens is 194 g/mol. The topological polar surface area (TPSA) is 57.9 Å². The lowest BCUT2D eigenvalue weighted by atomic mass is 10.7. The van der Waals surface area contributed by atoms with Crippen LogP contribution in [0.2, 0.25) is 0 Å². The van der Waals surface area contributed by atoms with Gasteiger partial charge in [-0.05, 0) is 11.4 Å². The van der Waals surface area contributed by atoms with E-state index in [0.29, 0.717) is 0 Å². The van der Waals surface area contributed by atoms with Gasteiger partial charge in [-0.3, -0.25) is 0 Å². The second-order valence-corrected chi connectivity index (χ2v) is 4.75. The summed E-state index contributed by atoms with van der Waals surface area (Å²) in [7, 11) is -3.59. The van der Waals surface area contributed by atoms with Gasteiger partial charge in [-0.2, -0.15) is 16.6 Å². The van der Waals surface area contributed by atoms with Gasteiger partial charge in [0.25, 0.3) is 0 Å². The van der Waals surface area contributed by atoms with Crippen molar-refractivity contribution in [3.05, 3.63) is 28.3 Å². The van der Waals surface area contributed by atoms with Crippen LogP contribution >= 0.6 is 11.3 Å². The minimum absolute atomic E-state index is 0.138. The fourth-order valence-corrected chi connectivity index (χ4v) is 2.54. The quantitative estimate of drug-likeness (QED) is 0.679. The van der Waals surface area contributed by atoms with Gasteiger partial charge in [0.2, 0.25) is 9.84 Å². The first-order chi connectivity index (χ1) is 5.59. The van der Waals surface area contributed by atoms with E-state index >= 15 is 0 Å². The molecule has 5 heteroatoms. The molecule has 0 aromatic carbocycles. The Kier molecular flexibility index (Phi) is 2.31. The van der Waals surface area contributed by atoms with Crippen LogP contribution in [0.1, 0.15) is 0 Å². The highest BCUT2D eigenvalue weighted by atomic mass is 32.2. The van der Waals surface area contributed by atoms with E-state index in [1.165, 1.54) is 28.9 Å². The summed E-state index contributed by atoms with van der Waals surface area (Å²) in [6, 6.07) is 2.96. The van der Waals surface area contributed by atoms with Gasteiger partial charge in [-0.25, -0.2) is 8.42 Å². The van der Waals surface area contributed by atoms with Crippen molar-refractivity contribution in [3.8, 4) is 6.07 Å². The molecular formula is C7H5NO2S2. The Morgan fingerprint density at radius 1 is 1.67 bits per heavy atom. The van der Waals surface area contributed by atoms with E-state index in [2.05, 4.69) is 6.58 Å². The van der Waals surface area contributed by atoms with E-state index in [0.717, 1.165) is 0 Å². The van der Waals surface area contributed by atoms with Crippen LogP contribution in [-0.2, 0) is 9.84 Å². The highest BCUT2D eigenvalue weighted by Crippen LogP contribution is 2.19. The van der Waals surface area contributed by atoms with E-state index in [9.17, 15) is 8.42 Å². The lowest BCUT2D eigenvalue weighted by Gasteiger charge is -1.95. The number of hydrogen-bond donors (Lipinski definition) is 0. The van der Waals surface area contributed by atoms with Crippen molar-refractivity contribution >= 4 is 21.2 Å². The molecule has 12 heavy (non-hydrogen) atoms. The molecule has 0 aliphatic heterocycles. The third kappa shape index (κ3) is 1.40. The fraction of sp³-hybridized carbons (Fsp3) is 0. The molecule has 0 N–H and O–H groups in total. The molecule has 0 aliphatic rings. The lowest BCUT2D eigenvalue weighted by molar-refractivity contribution is 0.603. The van der Waals surface area contributed by atoms with Gasteiger partial charge in [-0.1, -0.05) is 6.58 Å². The van der Waals surface area contributed by atoms with Gasteiger partial charge in [0.15, 0.2) is 0 Å². The summed E-state index contributed by atoms with van der Waals surface area (Å²) < 4.78 is 22.6. The number of allylic oxidation sites excluding steroid dienone is 1. The number of hydrogen-bond acceptors (Lipinski definition) is 4. The van der Waals surface area contributed by atoms with Gasteiger partial charge in [0.1, 0.15) is 11.0 Å². The van der Waals surface area contributed by atoms with Gasteiger partial charge in [0.05, 0.1) is 4.90 Å². The molecule has 1 aromatic rings. The Morgan fingerprint density at radius 2 is 2.33 bits per heavy atom. The highest BCUT2D eigenvalue weighted by molar-refractivity contribution is 7.95. The molecule has 0 radical (unpaired) electrons. The molecule has 3 nitrogen and oxygen atoms in total. The number of nitrogens with zero attached hydrogens (tertiary/aromatic N) is 1. The lowest BCUT2D eigenvalue weighted by Crippen LogP contribution is -2.00. The Hall–Kier alpha value is -1.12. The van der Waals surface area contributed by atoms with Crippen molar-refractivity contribution in [1.82, 2.24) is 0 Å². The summed E-state index contributed by atoms with van der Waals surface area (Å²) in [5.74, 6) is 0. The van der Waals surface area contributed by atoms with Crippen LogP contribution in [0.15, 0.2) is 33.2 Å². The monoisotopic (exact) mass is 199 g/mol. The number of rotatable bonds is 2. The second kappa shape index (κ2) is 3.09. The van der Waals surface area contributed by atoms with E-state index in [1.807, 2.05) is 0 Å². The zero-order chi connectivity index (χ0) is 9.19. The average Bonchev–Trinajstić information content (AvgIpc) is 2.55. The molecule has 0 unspecified atom stereocenters. The van der Waals surface area contributed by atoms with Gasteiger partial charge in [-0.15, -0.1) is 0 Å². The molecule has 0 amide bonds. The largest absolute Gasteiger partial charge is 0.218 e. The maximum atomic E-state index is 11.3. The van der Waals surface area contributed by atoms with E-state index in [-0.39, 0.29) is 4.90 Å². The summed E-state index contributed by atoms with van der Waals surface area (Å²) in [5, 5.41) is 11.5. The van der Waals surface area contributed by atoms with Gasteiger partial charge >= 0.3 is 0 Å². The number of sulfone groups is 1. The molecule has 0 saturated heterocycles. The molecule has 1 rings (SSSR count). The molecule has 0 bridgehead atoms. The number of thiophene rings is 1. The normalized spacial score (nSPS) is 10.6. The third-order valence-corrected chi connectivity index (χ3v) is 3.70. The minimum Gasteiger partial charge on any atom is -0.218 e. The summed E-state index contributed by atoms with van der Waals surface area (Å²) in [6.45, 7) is 3.16. The van der Waals surface area contributed by atoms with Crippen LogP contribution in [0.5, 0.6) is 0 Å². The number of nitriles is 1. The molecule has 0 atom stereocenters. The van der Waals surface area contributed by atoms with Crippen LogP contribution in [0, 0.1) is 11.3 Å². The maximum absolute atomic E-state index is 11.3. The Balaban J connectivity index is 3.23. The van der Waals surface area contributed by atoms with Gasteiger partial charge < -0.3 is 0 Å². The fourth-order valence-electron chi connectivity index (χ4n) is 0.607. The molecule has 0 saturated carbocycles. The van der Waals surface area contributed by atoms with Gasteiger partial charge in [0, 0.05) is 5.38 Å².